The molecule has 3 nitrogen and oxygen atoms in total. The minimum atomic E-state index is 0.296. The molecule has 1 saturated heterocycles. The molecule has 0 aliphatic carbocycles. The van der Waals surface area contributed by atoms with Crippen LogP contribution in [0.2, 0.25) is 0 Å². The summed E-state index contributed by atoms with van der Waals surface area (Å²) in [4.78, 5) is 1.41. The van der Waals surface area contributed by atoms with E-state index in [9.17, 15) is 0 Å². The topological polar surface area (TPSA) is 30.5 Å². The van der Waals surface area contributed by atoms with E-state index in [4.69, 9.17) is 9.47 Å². The molecule has 2 rings (SSSR count). The molecule has 1 aliphatic heterocycles. The van der Waals surface area contributed by atoms with Crippen molar-refractivity contribution in [1.82, 2.24) is 5.32 Å². The second-order valence-electron chi connectivity index (χ2n) is 4.75. The number of hydrogen-bond acceptors (Lipinski definition) is 4. The lowest BCUT2D eigenvalue weighted by Gasteiger charge is -2.27. The summed E-state index contributed by atoms with van der Waals surface area (Å²) < 4.78 is 10.7. The molecule has 0 amide bonds. The van der Waals surface area contributed by atoms with Crippen LogP contribution in [0.5, 0.6) is 0 Å². The Hall–Kier alpha value is -0.420. The van der Waals surface area contributed by atoms with Crippen LogP contribution in [0.3, 0.4) is 0 Å². The van der Waals surface area contributed by atoms with Crippen LogP contribution in [0.4, 0.5) is 0 Å². The van der Waals surface area contributed by atoms with E-state index >= 15 is 0 Å². The Morgan fingerprint density at radius 2 is 2.41 bits per heavy atom. The van der Waals surface area contributed by atoms with E-state index < -0.39 is 0 Å². The van der Waals surface area contributed by atoms with Crippen molar-refractivity contribution >= 4 is 11.3 Å². The molecule has 1 N–H and O–H groups in total. The maximum absolute atomic E-state index is 5.54. The first-order valence-corrected chi connectivity index (χ1v) is 7.11. The highest BCUT2D eigenvalue weighted by atomic mass is 32.1. The molecule has 2 heterocycles. The van der Waals surface area contributed by atoms with Crippen molar-refractivity contribution in [3.63, 3.8) is 0 Å². The lowest BCUT2D eigenvalue weighted by Crippen LogP contribution is -2.37. The second kappa shape index (κ2) is 6.50. The van der Waals surface area contributed by atoms with E-state index in [1.54, 1.807) is 0 Å². The van der Waals surface area contributed by atoms with E-state index in [0.29, 0.717) is 24.9 Å². The van der Waals surface area contributed by atoms with Gasteiger partial charge in [-0.1, -0.05) is 19.9 Å². The van der Waals surface area contributed by atoms with E-state index in [1.807, 2.05) is 11.3 Å². The summed E-state index contributed by atoms with van der Waals surface area (Å²) in [7, 11) is 0. The summed E-state index contributed by atoms with van der Waals surface area (Å²) in [5.41, 5.74) is 0. The minimum absolute atomic E-state index is 0.296. The highest BCUT2D eigenvalue weighted by Crippen LogP contribution is 2.25. The monoisotopic (exact) mass is 255 g/mol. The maximum atomic E-state index is 5.54. The Morgan fingerprint density at radius 1 is 1.53 bits per heavy atom. The highest BCUT2D eigenvalue weighted by molar-refractivity contribution is 7.10. The molecule has 1 aliphatic rings. The van der Waals surface area contributed by atoms with Gasteiger partial charge in [-0.2, -0.15) is 0 Å². The SMILES string of the molecule is CC(C)C(NCC1CCOCO1)c1cccs1. The number of ether oxygens (including phenoxy) is 2. The fourth-order valence-electron chi connectivity index (χ4n) is 2.05. The van der Waals surface area contributed by atoms with Crippen LogP contribution >= 0.6 is 11.3 Å². The molecule has 0 aromatic carbocycles. The molecule has 96 valence electrons. The zero-order valence-corrected chi connectivity index (χ0v) is 11.3. The molecule has 0 saturated carbocycles. The summed E-state index contributed by atoms with van der Waals surface area (Å²) in [5, 5.41) is 5.76. The van der Waals surface area contributed by atoms with Gasteiger partial charge < -0.3 is 14.8 Å². The third kappa shape index (κ3) is 3.78. The van der Waals surface area contributed by atoms with Crippen molar-refractivity contribution < 1.29 is 9.47 Å². The van der Waals surface area contributed by atoms with E-state index in [-0.39, 0.29) is 0 Å². The van der Waals surface area contributed by atoms with Crippen molar-refractivity contribution in [3.05, 3.63) is 22.4 Å². The molecular formula is C13H21NO2S. The minimum Gasteiger partial charge on any atom is -0.355 e. The fraction of sp³-hybridized carbons (Fsp3) is 0.692. The Balaban J connectivity index is 1.85. The lowest BCUT2D eigenvalue weighted by molar-refractivity contribution is -0.137. The summed E-state index contributed by atoms with van der Waals surface area (Å²) in [6, 6.07) is 4.75. The Bertz CT molecular complexity index is 307. The molecule has 1 aromatic rings. The van der Waals surface area contributed by atoms with Crippen LogP contribution in [0.1, 0.15) is 31.2 Å². The van der Waals surface area contributed by atoms with Crippen LogP contribution in [0, 0.1) is 5.92 Å². The first kappa shape index (κ1) is 13.0. The summed E-state index contributed by atoms with van der Waals surface area (Å²) in [5.74, 6) is 0.591. The largest absolute Gasteiger partial charge is 0.355 e. The molecule has 1 fully saturated rings. The van der Waals surface area contributed by atoms with Gasteiger partial charge in [0.25, 0.3) is 0 Å². The van der Waals surface area contributed by atoms with Crippen LogP contribution in [-0.2, 0) is 9.47 Å². The molecule has 0 bridgehead atoms. The molecule has 2 atom stereocenters. The van der Waals surface area contributed by atoms with Gasteiger partial charge in [-0.05, 0) is 23.8 Å². The average Bonchev–Trinajstić information content (AvgIpc) is 2.84. The van der Waals surface area contributed by atoms with Crippen LogP contribution in [-0.4, -0.2) is 26.0 Å². The highest BCUT2D eigenvalue weighted by Gasteiger charge is 2.20. The van der Waals surface area contributed by atoms with Gasteiger partial charge >= 0.3 is 0 Å². The Labute approximate surface area is 107 Å². The normalized spacial score (nSPS) is 22.9. The van der Waals surface area contributed by atoms with Crippen molar-refractivity contribution in [2.75, 3.05) is 19.9 Å². The van der Waals surface area contributed by atoms with Gasteiger partial charge in [0.1, 0.15) is 6.79 Å². The fourth-order valence-corrected chi connectivity index (χ4v) is 3.03. The number of nitrogens with one attached hydrogen (secondary N) is 1. The zero-order valence-electron chi connectivity index (χ0n) is 10.5. The van der Waals surface area contributed by atoms with Crippen molar-refractivity contribution in [2.45, 2.75) is 32.4 Å². The zero-order chi connectivity index (χ0) is 12.1. The predicted molar refractivity (Wildman–Crippen MR) is 70.2 cm³/mol. The average molecular weight is 255 g/mol. The molecule has 2 unspecified atom stereocenters. The molecule has 4 heteroatoms. The van der Waals surface area contributed by atoms with Gasteiger partial charge in [-0.25, -0.2) is 0 Å². The third-order valence-corrected chi connectivity index (χ3v) is 4.01. The first-order valence-electron chi connectivity index (χ1n) is 6.23. The number of rotatable bonds is 5. The van der Waals surface area contributed by atoms with Gasteiger partial charge in [-0.3, -0.25) is 0 Å². The summed E-state index contributed by atoms with van der Waals surface area (Å²) in [6.45, 7) is 6.67. The lowest BCUT2D eigenvalue weighted by atomic mass is 10.0. The predicted octanol–water partition coefficient (Wildman–Crippen LogP) is 2.80. The Morgan fingerprint density at radius 3 is 3.00 bits per heavy atom. The van der Waals surface area contributed by atoms with Crippen LogP contribution < -0.4 is 5.32 Å². The van der Waals surface area contributed by atoms with Gasteiger partial charge in [0.2, 0.25) is 0 Å². The molecule has 0 spiro atoms. The third-order valence-electron chi connectivity index (χ3n) is 3.05. The second-order valence-corrected chi connectivity index (χ2v) is 5.73. The summed E-state index contributed by atoms with van der Waals surface area (Å²) in [6.07, 6.45) is 1.28. The molecule has 17 heavy (non-hydrogen) atoms. The number of hydrogen-bond donors (Lipinski definition) is 1. The van der Waals surface area contributed by atoms with E-state index in [0.717, 1.165) is 19.6 Å². The molecule has 1 aromatic heterocycles. The van der Waals surface area contributed by atoms with Gasteiger partial charge in [0, 0.05) is 17.5 Å². The van der Waals surface area contributed by atoms with E-state index in [2.05, 4.69) is 36.7 Å². The molecule has 0 radical (unpaired) electrons. The van der Waals surface area contributed by atoms with Gasteiger partial charge in [0.15, 0.2) is 0 Å². The quantitative estimate of drug-likeness (QED) is 0.877. The van der Waals surface area contributed by atoms with Gasteiger partial charge in [-0.15, -0.1) is 11.3 Å². The van der Waals surface area contributed by atoms with E-state index in [1.165, 1.54) is 4.88 Å². The van der Waals surface area contributed by atoms with Crippen LogP contribution in [0.15, 0.2) is 17.5 Å². The standard InChI is InChI=1S/C13H21NO2S/c1-10(2)13(12-4-3-7-17-12)14-8-11-5-6-15-9-16-11/h3-4,7,10-11,13-14H,5-6,8-9H2,1-2H3. The summed E-state index contributed by atoms with van der Waals surface area (Å²) >= 11 is 1.82. The van der Waals surface area contributed by atoms with Gasteiger partial charge in [0.05, 0.1) is 12.7 Å². The Kier molecular flexibility index (Phi) is 4.98. The molecular weight excluding hydrogens is 234 g/mol. The first-order chi connectivity index (χ1) is 8.27. The van der Waals surface area contributed by atoms with Crippen molar-refractivity contribution in [2.24, 2.45) is 5.92 Å². The van der Waals surface area contributed by atoms with Crippen LogP contribution in [0.25, 0.3) is 0 Å². The van der Waals surface area contributed by atoms with Crippen molar-refractivity contribution in [1.29, 1.82) is 0 Å². The maximum Gasteiger partial charge on any atom is 0.147 e. The number of thiophene rings is 1. The smallest absolute Gasteiger partial charge is 0.147 e. The van der Waals surface area contributed by atoms with Crippen molar-refractivity contribution in [3.8, 4) is 0 Å².